The minimum Gasteiger partial charge on any atom is -0.350 e. The second-order valence-electron chi connectivity index (χ2n) is 4.14. The molecule has 2 atom stereocenters. The summed E-state index contributed by atoms with van der Waals surface area (Å²) in [5.41, 5.74) is 6.47. The van der Waals surface area contributed by atoms with Crippen LogP contribution in [0.25, 0.3) is 0 Å². The van der Waals surface area contributed by atoms with Crippen LogP contribution in [0, 0.1) is 0 Å². The molecule has 1 amide bonds. The van der Waals surface area contributed by atoms with Crippen molar-refractivity contribution in [1.82, 2.24) is 5.32 Å². The van der Waals surface area contributed by atoms with E-state index in [1.807, 2.05) is 13.0 Å². The highest BCUT2D eigenvalue weighted by Crippen LogP contribution is 2.25. The Hall–Kier alpha value is -0.770. The van der Waals surface area contributed by atoms with Crippen LogP contribution in [0.1, 0.15) is 31.9 Å². The van der Waals surface area contributed by atoms with Gasteiger partial charge < -0.3 is 11.1 Å². The molecule has 1 aromatic carbocycles. The first-order valence-corrected chi connectivity index (χ1v) is 6.15. The van der Waals surface area contributed by atoms with E-state index in [1.165, 1.54) is 0 Å². The molecule has 17 heavy (non-hydrogen) atoms. The Morgan fingerprint density at radius 1 is 1.35 bits per heavy atom. The number of carbonyl (C=O) groups is 1. The zero-order valence-corrected chi connectivity index (χ0v) is 11.3. The predicted molar refractivity (Wildman–Crippen MR) is 71.3 cm³/mol. The number of nitrogens with one attached hydrogen (secondary N) is 1. The van der Waals surface area contributed by atoms with Gasteiger partial charge in [-0.25, -0.2) is 0 Å². The molecule has 5 heteroatoms. The quantitative estimate of drug-likeness (QED) is 0.887. The van der Waals surface area contributed by atoms with Gasteiger partial charge >= 0.3 is 0 Å². The maximum Gasteiger partial charge on any atom is 0.222 e. The average Bonchev–Trinajstić information content (AvgIpc) is 2.20. The van der Waals surface area contributed by atoms with Crippen LogP contribution in [0.15, 0.2) is 18.2 Å². The zero-order chi connectivity index (χ0) is 13.0. The van der Waals surface area contributed by atoms with E-state index in [0.29, 0.717) is 16.5 Å². The highest BCUT2D eigenvalue weighted by molar-refractivity contribution is 6.42. The molecule has 94 valence electrons. The van der Waals surface area contributed by atoms with Crippen molar-refractivity contribution in [3.8, 4) is 0 Å². The van der Waals surface area contributed by atoms with E-state index < -0.39 is 0 Å². The molecular weight excluding hydrogens is 259 g/mol. The smallest absolute Gasteiger partial charge is 0.222 e. The summed E-state index contributed by atoms with van der Waals surface area (Å²) in [6, 6.07) is 5.05. The molecule has 0 saturated carbocycles. The molecule has 2 unspecified atom stereocenters. The van der Waals surface area contributed by atoms with Crippen LogP contribution in [-0.2, 0) is 4.79 Å². The number of amides is 1. The topological polar surface area (TPSA) is 55.1 Å². The predicted octanol–water partition coefficient (Wildman–Crippen LogP) is 2.91. The molecule has 0 heterocycles. The van der Waals surface area contributed by atoms with Crippen molar-refractivity contribution in [3.05, 3.63) is 33.8 Å². The molecule has 3 nitrogen and oxygen atoms in total. The average molecular weight is 275 g/mol. The van der Waals surface area contributed by atoms with E-state index in [-0.39, 0.29) is 18.0 Å². The van der Waals surface area contributed by atoms with Crippen LogP contribution in [-0.4, -0.2) is 11.9 Å². The van der Waals surface area contributed by atoms with E-state index in [1.54, 1.807) is 19.1 Å². The Bertz CT molecular complexity index is 407. The molecule has 0 spiro atoms. The lowest BCUT2D eigenvalue weighted by atomic mass is 10.1. The van der Waals surface area contributed by atoms with E-state index >= 15 is 0 Å². The van der Waals surface area contributed by atoms with Gasteiger partial charge in [-0.1, -0.05) is 29.3 Å². The summed E-state index contributed by atoms with van der Waals surface area (Å²) >= 11 is 11.7. The third kappa shape index (κ3) is 4.54. The Morgan fingerprint density at radius 2 is 2.00 bits per heavy atom. The number of carbonyl (C=O) groups excluding carboxylic acids is 1. The molecule has 0 aliphatic carbocycles. The summed E-state index contributed by atoms with van der Waals surface area (Å²) in [4.78, 5) is 11.5. The van der Waals surface area contributed by atoms with Gasteiger partial charge in [0.25, 0.3) is 0 Å². The van der Waals surface area contributed by atoms with Crippen LogP contribution in [0.4, 0.5) is 0 Å². The summed E-state index contributed by atoms with van der Waals surface area (Å²) in [6.07, 6.45) is 0.311. The van der Waals surface area contributed by atoms with E-state index in [2.05, 4.69) is 5.32 Å². The number of hydrogen-bond donors (Lipinski definition) is 2. The number of hydrogen-bond acceptors (Lipinski definition) is 2. The molecule has 1 aromatic rings. The van der Waals surface area contributed by atoms with Crippen molar-refractivity contribution >= 4 is 29.1 Å². The second kappa shape index (κ2) is 6.24. The van der Waals surface area contributed by atoms with Gasteiger partial charge in [0.05, 0.1) is 16.1 Å². The van der Waals surface area contributed by atoms with Crippen molar-refractivity contribution in [2.24, 2.45) is 5.73 Å². The molecule has 0 radical (unpaired) electrons. The number of rotatable bonds is 4. The van der Waals surface area contributed by atoms with Gasteiger partial charge in [0.2, 0.25) is 5.91 Å². The van der Waals surface area contributed by atoms with Crippen LogP contribution in [0.3, 0.4) is 0 Å². The molecule has 3 N–H and O–H groups in total. The Labute approximate surface area is 111 Å². The third-order valence-electron chi connectivity index (χ3n) is 2.33. The van der Waals surface area contributed by atoms with Crippen molar-refractivity contribution in [1.29, 1.82) is 0 Å². The minimum absolute atomic E-state index is 0.0708. The SMILES string of the molecule is CC(N)CC(=O)NC(C)c1ccc(Cl)c(Cl)c1. The maximum atomic E-state index is 11.5. The molecular formula is C12H16Cl2N2O. The molecule has 0 bridgehead atoms. The fourth-order valence-electron chi connectivity index (χ4n) is 1.46. The van der Waals surface area contributed by atoms with Crippen molar-refractivity contribution in [3.63, 3.8) is 0 Å². The van der Waals surface area contributed by atoms with Crippen LogP contribution in [0.2, 0.25) is 10.0 Å². The lowest BCUT2D eigenvalue weighted by Gasteiger charge is -2.15. The lowest BCUT2D eigenvalue weighted by Crippen LogP contribution is -2.31. The first kappa shape index (κ1) is 14.3. The number of halogens is 2. The summed E-state index contributed by atoms with van der Waals surface area (Å²) in [5, 5.41) is 3.84. The van der Waals surface area contributed by atoms with Gasteiger partial charge in [-0.3, -0.25) is 4.79 Å². The fourth-order valence-corrected chi connectivity index (χ4v) is 1.76. The normalized spacial score (nSPS) is 14.2. The van der Waals surface area contributed by atoms with Crippen LogP contribution < -0.4 is 11.1 Å². The minimum atomic E-state index is -0.143. The number of benzene rings is 1. The third-order valence-corrected chi connectivity index (χ3v) is 3.07. The van der Waals surface area contributed by atoms with Crippen molar-refractivity contribution in [2.45, 2.75) is 32.4 Å². The first-order valence-electron chi connectivity index (χ1n) is 5.40. The van der Waals surface area contributed by atoms with Gasteiger partial charge in [0.15, 0.2) is 0 Å². The fraction of sp³-hybridized carbons (Fsp3) is 0.417. The van der Waals surface area contributed by atoms with Crippen LogP contribution >= 0.6 is 23.2 Å². The summed E-state index contributed by atoms with van der Waals surface area (Å²) in [7, 11) is 0. The largest absolute Gasteiger partial charge is 0.350 e. The van der Waals surface area contributed by atoms with E-state index in [9.17, 15) is 4.79 Å². The first-order chi connectivity index (χ1) is 7.90. The van der Waals surface area contributed by atoms with Gasteiger partial charge in [-0.05, 0) is 31.5 Å². The molecule has 0 saturated heterocycles. The van der Waals surface area contributed by atoms with Gasteiger partial charge in [0.1, 0.15) is 0 Å². The summed E-state index contributed by atoms with van der Waals surface area (Å²) in [5.74, 6) is -0.0708. The monoisotopic (exact) mass is 274 g/mol. The van der Waals surface area contributed by atoms with Crippen molar-refractivity contribution < 1.29 is 4.79 Å². The second-order valence-corrected chi connectivity index (χ2v) is 4.96. The summed E-state index contributed by atoms with van der Waals surface area (Å²) < 4.78 is 0. The molecule has 0 aliphatic rings. The standard InChI is InChI=1S/C12H16Cl2N2O/c1-7(15)5-12(17)16-8(2)9-3-4-10(13)11(14)6-9/h3-4,6-8H,5,15H2,1-2H3,(H,16,17). The Kier molecular flexibility index (Phi) is 5.25. The van der Waals surface area contributed by atoms with Gasteiger partial charge in [-0.15, -0.1) is 0 Å². The molecule has 1 rings (SSSR count). The lowest BCUT2D eigenvalue weighted by molar-refractivity contribution is -0.122. The maximum absolute atomic E-state index is 11.5. The van der Waals surface area contributed by atoms with E-state index in [4.69, 9.17) is 28.9 Å². The molecule has 0 aromatic heterocycles. The van der Waals surface area contributed by atoms with E-state index in [0.717, 1.165) is 5.56 Å². The number of nitrogens with two attached hydrogens (primary N) is 1. The zero-order valence-electron chi connectivity index (χ0n) is 9.84. The Morgan fingerprint density at radius 3 is 2.53 bits per heavy atom. The Balaban J connectivity index is 2.66. The van der Waals surface area contributed by atoms with Gasteiger partial charge in [0, 0.05) is 12.5 Å². The molecule has 0 fully saturated rings. The molecule has 0 aliphatic heterocycles. The highest BCUT2D eigenvalue weighted by atomic mass is 35.5. The van der Waals surface area contributed by atoms with Crippen LogP contribution in [0.5, 0.6) is 0 Å². The highest BCUT2D eigenvalue weighted by Gasteiger charge is 2.12. The summed E-state index contributed by atoms with van der Waals surface area (Å²) in [6.45, 7) is 3.68. The van der Waals surface area contributed by atoms with Gasteiger partial charge in [-0.2, -0.15) is 0 Å². The van der Waals surface area contributed by atoms with Crippen molar-refractivity contribution in [2.75, 3.05) is 0 Å².